The minimum atomic E-state index is -0.534. The van der Waals surface area contributed by atoms with Crippen molar-refractivity contribution in [1.29, 1.82) is 0 Å². The summed E-state index contributed by atoms with van der Waals surface area (Å²) >= 11 is 0. The maximum Gasteiger partial charge on any atom is 0.341 e. The molecule has 0 spiro atoms. The number of carbonyl (C=O) groups excluding carboxylic acids is 1. The normalized spacial score (nSPS) is 16.4. The van der Waals surface area contributed by atoms with Crippen LogP contribution in [0.5, 0.6) is 0 Å². The number of carbonyl (C=O) groups is 1. The number of aryl methyl sites for hydroxylation is 1. The Hall–Kier alpha value is -1.38. The van der Waals surface area contributed by atoms with Crippen LogP contribution < -0.4 is 0 Å². The van der Waals surface area contributed by atoms with Gasteiger partial charge in [-0.15, -0.1) is 0 Å². The van der Waals surface area contributed by atoms with E-state index in [0.717, 1.165) is 25.7 Å². The molecule has 2 nitrogen and oxygen atoms in total. The van der Waals surface area contributed by atoms with Crippen molar-refractivity contribution < 1.29 is 13.9 Å². The Morgan fingerprint density at radius 1 is 1.38 bits per heavy atom. The molecule has 86 valence electrons. The molecule has 2 rings (SSSR count). The maximum atomic E-state index is 13.6. The molecule has 0 aliphatic heterocycles. The van der Waals surface area contributed by atoms with E-state index in [2.05, 4.69) is 0 Å². The van der Waals surface area contributed by atoms with E-state index in [1.165, 1.54) is 6.07 Å². The molecule has 1 aliphatic rings. The van der Waals surface area contributed by atoms with E-state index in [1.54, 1.807) is 19.1 Å². The van der Waals surface area contributed by atoms with Gasteiger partial charge in [-0.2, -0.15) is 0 Å². The van der Waals surface area contributed by atoms with Crippen LogP contribution in [0.1, 0.15) is 41.6 Å². The average Bonchev–Trinajstić information content (AvgIpc) is 2.74. The van der Waals surface area contributed by atoms with Crippen molar-refractivity contribution in [3.8, 4) is 0 Å². The molecular weight excluding hydrogens is 207 g/mol. The molecule has 0 aromatic heterocycles. The van der Waals surface area contributed by atoms with E-state index in [9.17, 15) is 9.18 Å². The standard InChI is InChI=1S/C13H15FO2/c1-9-5-4-8-11(12(9)14)13(15)16-10-6-2-3-7-10/h4-5,8,10H,2-3,6-7H2,1H3. The molecule has 0 radical (unpaired) electrons. The minimum absolute atomic E-state index is 0.0209. The summed E-state index contributed by atoms with van der Waals surface area (Å²) in [5, 5.41) is 0. The summed E-state index contributed by atoms with van der Waals surface area (Å²) in [4.78, 5) is 11.7. The largest absolute Gasteiger partial charge is 0.459 e. The lowest BCUT2D eigenvalue weighted by atomic mass is 10.1. The summed E-state index contributed by atoms with van der Waals surface area (Å²) in [6, 6.07) is 4.78. The van der Waals surface area contributed by atoms with Crippen LogP contribution in [0.15, 0.2) is 18.2 Å². The van der Waals surface area contributed by atoms with Crippen molar-refractivity contribution in [2.24, 2.45) is 0 Å². The van der Waals surface area contributed by atoms with E-state index >= 15 is 0 Å². The van der Waals surface area contributed by atoms with Gasteiger partial charge in [-0.1, -0.05) is 12.1 Å². The van der Waals surface area contributed by atoms with Crippen LogP contribution in [0.4, 0.5) is 4.39 Å². The Balaban J connectivity index is 2.11. The fraction of sp³-hybridized carbons (Fsp3) is 0.462. The first kappa shape index (κ1) is 11.1. The van der Waals surface area contributed by atoms with Crippen LogP contribution in [-0.2, 0) is 4.74 Å². The molecule has 0 bridgehead atoms. The van der Waals surface area contributed by atoms with Gasteiger partial charge in [0.05, 0.1) is 5.56 Å². The number of hydrogen-bond acceptors (Lipinski definition) is 2. The van der Waals surface area contributed by atoms with Crippen LogP contribution in [0, 0.1) is 12.7 Å². The van der Waals surface area contributed by atoms with Crippen LogP contribution in [-0.4, -0.2) is 12.1 Å². The first-order chi connectivity index (χ1) is 7.68. The molecule has 1 aromatic carbocycles. The number of esters is 1. The highest BCUT2D eigenvalue weighted by Gasteiger charge is 2.22. The first-order valence-corrected chi connectivity index (χ1v) is 5.64. The summed E-state index contributed by atoms with van der Waals surface area (Å²) in [5.41, 5.74) is 0.521. The van der Waals surface area contributed by atoms with Gasteiger partial charge in [0.2, 0.25) is 0 Å². The van der Waals surface area contributed by atoms with E-state index in [4.69, 9.17) is 4.74 Å². The van der Waals surface area contributed by atoms with E-state index in [-0.39, 0.29) is 11.7 Å². The molecule has 0 unspecified atom stereocenters. The molecule has 0 N–H and O–H groups in total. The fourth-order valence-corrected chi connectivity index (χ4v) is 2.03. The predicted molar refractivity (Wildman–Crippen MR) is 58.8 cm³/mol. The molecule has 1 saturated carbocycles. The number of hydrogen-bond donors (Lipinski definition) is 0. The number of halogens is 1. The Labute approximate surface area is 94.4 Å². The average molecular weight is 222 g/mol. The molecule has 0 atom stereocenters. The fourth-order valence-electron chi connectivity index (χ4n) is 2.03. The highest BCUT2D eigenvalue weighted by atomic mass is 19.1. The molecule has 1 aliphatic carbocycles. The van der Waals surface area contributed by atoms with Gasteiger partial charge < -0.3 is 4.74 Å². The van der Waals surface area contributed by atoms with Crippen LogP contribution in [0.2, 0.25) is 0 Å². The second-order valence-corrected chi connectivity index (χ2v) is 4.25. The SMILES string of the molecule is Cc1cccc(C(=O)OC2CCCC2)c1F. The third-order valence-electron chi connectivity index (χ3n) is 2.99. The number of benzene rings is 1. The smallest absolute Gasteiger partial charge is 0.341 e. The Kier molecular flexibility index (Phi) is 3.22. The molecule has 0 heterocycles. The third-order valence-corrected chi connectivity index (χ3v) is 2.99. The van der Waals surface area contributed by atoms with Crippen molar-refractivity contribution in [2.45, 2.75) is 38.7 Å². The van der Waals surface area contributed by atoms with Crippen LogP contribution >= 0.6 is 0 Å². The molecule has 3 heteroatoms. The molecule has 1 aromatic rings. The Morgan fingerprint density at radius 3 is 2.75 bits per heavy atom. The molecule has 0 amide bonds. The quantitative estimate of drug-likeness (QED) is 0.718. The highest BCUT2D eigenvalue weighted by Crippen LogP contribution is 2.23. The number of ether oxygens (including phenoxy) is 1. The predicted octanol–water partition coefficient (Wildman–Crippen LogP) is 3.23. The number of rotatable bonds is 2. The lowest BCUT2D eigenvalue weighted by Gasteiger charge is -2.12. The van der Waals surface area contributed by atoms with Crippen molar-refractivity contribution >= 4 is 5.97 Å². The van der Waals surface area contributed by atoms with E-state index in [1.807, 2.05) is 0 Å². The summed E-state index contributed by atoms with van der Waals surface area (Å²) in [6.45, 7) is 1.64. The molecular formula is C13H15FO2. The minimum Gasteiger partial charge on any atom is -0.459 e. The summed E-state index contributed by atoms with van der Waals surface area (Å²) in [7, 11) is 0. The summed E-state index contributed by atoms with van der Waals surface area (Å²) < 4.78 is 18.9. The lowest BCUT2D eigenvalue weighted by molar-refractivity contribution is 0.0312. The zero-order chi connectivity index (χ0) is 11.5. The monoisotopic (exact) mass is 222 g/mol. The third kappa shape index (κ3) is 2.23. The lowest BCUT2D eigenvalue weighted by Crippen LogP contribution is -2.16. The van der Waals surface area contributed by atoms with Crippen LogP contribution in [0.25, 0.3) is 0 Å². The zero-order valence-corrected chi connectivity index (χ0v) is 9.33. The van der Waals surface area contributed by atoms with Crippen molar-refractivity contribution in [1.82, 2.24) is 0 Å². The second kappa shape index (κ2) is 4.64. The summed E-state index contributed by atoms with van der Waals surface area (Å²) in [5.74, 6) is -1.00. The molecule has 0 saturated heterocycles. The van der Waals surface area contributed by atoms with E-state index < -0.39 is 11.8 Å². The van der Waals surface area contributed by atoms with E-state index in [0.29, 0.717) is 5.56 Å². The molecule has 1 fully saturated rings. The highest BCUT2D eigenvalue weighted by molar-refractivity contribution is 5.90. The topological polar surface area (TPSA) is 26.3 Å². The van der Waals surface area contributed by atoms with Gasteiger partial charge in [0.15, 0.2) is 0 Å². The molecule has 16 heavy (non-hydrogen) atoms. The Morgan fingerprint density at radius 2 is 2.06 bits per heavy atom. The summed E-state index contributed by atoms with van der Waals surface area (Å²) in [6.07, 6.45) is 3.97. The van der Waals surface area contributed by atoms with Crippen molar-refractivity contribution in [3.63, 3.8) is 0 Å². The van der Waals surface area contributed by atoms with Gasteiger partial charge in [0.1, 0.15) is 11.9 Å². The van der Waals surface area contributed by atoms with Gasteiger partial charge >= 0.3 is 5.97 Å². The second-order valence-electron chi connectivity index (χ2n) is 4.25. The van der Waals surface area contributed by atoms with Gasteiger partial charge in [0, 0.05) is 0 Å². The van der Waals surface area contributed by atoms with Crippen LogP contribution in [0.3, 0.4) is 0 Å². The van der Waals surface area contributed by atoms with Crippen molar-refractivity contribution in [2.75, 3.05) is 0 Å². The van der Waals surface area contributed by atoms with Gasteiger partial charge in [-0.25, -0.2) is 9.18 Å². The zero-order valence-electron chi connectivity index (χ0n) is 9.33. The van der Waals surface area contributed by atoms with Crippen molar-refractivity contribution in [3.05, 3.63) is 35.1 Å². The van der Waals surface area contributed by atoms with Gasteiger partial charge in [0.25, 0.3) is 0 Å². The maximum absolute atomic E-state index is 13.6. The van der Waals surface area contributed by atoms with Gasteiger partial charge in [-0.3, -0.25) is 0 Å². The first-order valence-electron chi connectivity index (χ1n) is 5.64. The Bertz CT molecular complexity index is 395. The van der Waals surface area contributed by atoms with Gasteiger partial charge in [-0.05, 0) is 44.2 Å².